The number of likely N-dealkylation sites (tertiary alicyclic amines) is 1. The summed E-state index contributed by atoms with van der Waals surface area (Å²) in [4.78, 5) is 15.1. The van der Waals surface area contributed by atoms with Gasteiger partial charge in [0.25, 0.3) is 5.91 Å². The van der Waals surface area contributed by atoms with Gasteiger partial charge in [0.1, 0.15) is 0 Å². The maximum atomic E-state index is 13.1. The molecule has 27 heavy (non-hydrogen) atoms. The first-order valence-corrected chi connectivity index (χ1v) is 10.3. The molecule has 1 aliphatic heterocycles. The number of carbonyl (C=O) groups excluding carboxylic acids is 1. The molecule has 0 radical (unpaired) electrons. The average Bonchev–Trinajstić information content (AvgIpc) is 3.38. The molecule has 2 aromatic rings. The molecule has 1 amide bonds. The second kappa shape index (κ2) is 8.26. The Kier molecular flexibility index (Phi) is 5.58. The van der Waals surface area contributed by atoms with Gasteiger partial charge in [-0.15, -0.1) is 0 Å². The predicted molar refractivity (Wildman–Crippen MR) is 104 cm³/mol. The first-order chi connectivity index (χ1) is 13.2. The van der Waals surface area contributed by atoms with Crippen LogP contribution < -0.4 is 0 Å². The third-order valence-corrected chi connectivity index (χ3v) is 6.22. The van der Waals surface area contributed by atoms with E-state index in [-0.39, 0.29) is 12.5 Å². The maximum Gasteiger partial charge on any atom is 0.257 e. The van der Waals surface area contributed by atoms with E-state index < -0.39 is 0 Å². The van der Waals surface area contributed by atoms with Crippen molar-refractivity contribution >= 4 is 5.91 Å². The fourth-order valence-corrected chi connectivity index (χ4v) is 4.64. The molecule has 0 spiro atoms. The van der Waals surface area contributed by atoms with Crippen LogP contribution in [0.5, 0.6) is 0 Å². The summed E-state index contributed by atoms with van der Waals surface area (Å²) in [5.74, 6) is 1.10. The molecule has 1 aliphatic carbocycles. The van der Waals surface area contributed by atoms with E-state index in [4.69, 9.17) is 5.11 Å². The molecular weight excluding hydrogens is 338 g/mol. The molecular formula is C22H29N3O2. The van der Waals surface area contributed by atoms with Gasteiger partial charge in [0, 0.05) is 19.0 Å². The van der Waals surface area contributed by atoms with Gasteiger partial charge in [-0.2, -0.15) is 5.10 Å². The Morgan fingerprint density at radius 1 is 1.11 bits per heavy atom. The SMILES string of the molecule is O=C(c1cn[nH]c1C1CCCCC1)N1CCC(Cc2ccc(CO)cc2)C1. The summed E-state index contributed by atoms with van der Waals surface area (Å²) < 4.78 is 0. The monoisotopic (exact) mass is 367 g/mol. The van der Waals surface area contributed by atoms with Crippen molar-refractivity contribution < 1.29 is 9.90 Å². The quantitative estimate of drug-likeness (QED) is 0.847. The van der Waals surface area contributed by atoms with Crippen LogP contribution in [0.25, 0.3) is 0 Å². The fourth-order valence-electron chi connectivity index (χ4n) is 4.64. The molecule has 5 heteroatoms. The average molecular weight is 367 g/mol. The summed E-state index contributed by atoms with van der Waals surface area (Å²) in [5.41, 5.74) is 4.06. The van der Waals surface area contributed by atoms with E-state index in [1.54, 1.807) is 6.20 Å². The number of hydrogen-bond donors (Lipinski definition) is 2. The zero-order chi connectivity index (χ0) is 18.6. The predicted octanol–water partition coefficient (Wildman–Crippen LogP) is 3.65. The van der Waals surface area contributed by atoms with Gasteiger partial charge in [-0.3, -0.25) is 9.89 Å². The van der Waals surface area contributed by atoms with Crippen molar-refractivity contribution in [2.24, 2.45) is 5.92 Å². The summed E-state index contributed by atoms with van der Waals surface area (Å²) in [6.45, 7) is 1.73. The topological polar surface area (TPSA) is 69.2 Å². The number of H-pyrrole nitrogens is 1. The summed E-state index contributed by atoms with van der Waals surface area (Å²) in [6, 6.07) is 8.14. The third-order valence-electron chi connectivity index (χ3n) is 6.22. The minimum absolute atomic E-state index is 0.0833. The molecule has 1 aromatic heterocycles. The van der Waals surface area contributed by atoms with Gasteiger partial charge in [-0.05, 0) is 42.7 Å². The van der Waals surface area contributed by atoms with E-state index >= 15 is 0 Å². The number of nitrogens with zero attached hydrogens (tertiary/aromatic N) is 2. The first-order valence-electron chi connectivity index (χ1n) is 10.3. The summed E-state index contributed by atoms with van der Waals surface area (Å²) in [7, 11) is 0. The number of nitrogens with one attached hydrogen (secondary N) is 1. The molecule has 4 rings (SSSR count). The molecule has 1 unspecified atom stereocenters. The van der Waals surface area contributed by atoms with Crippen molar-refractivity contribution in [1.29, 1.82) is 0 Å². The van der Waals surface area contributed by atoms with Crippen molar-refractivity contribution in [3.8, 4) is 0 Å². The lowest BCUT2D eigenvalue weighted by Gasteiger charge is -2.23. The number of aromatic amines is 1. The molecule has 2 aliphatic rings. The Morgan fingerprint density at radius 3 is 2.59 bits per heavy atom. The Balaban J connectivity index is 1.38. The molecule has 2 heterocycles. The van der Waals surface area contributed by atoms with Crippen LogP contribution in [0, 0.1) is 5.92 Å². The summed E-state index contributed by atoms with van der Waals surface area (Å²) in [6.07, 6.45) is 9.88. The second-order valence-electron chi connectivity index (χ2n) is 8.12. The van der Waals surface area contributed by atoms with Gasteiger partial charge in [0.05, 0.1) is 24.1 Å². The number of carbonyl (C=O) groups is 1. The Bertz CT molecular complexity index is 762. The highest BCUT2D eigenvalue weighted by molar-refractivity contribution is 5.95. The van der Waals surface area contributed by atoms with Gasteiger partial charge in [-0.25, -0.2) is 0 Å². The molecule has 1 atom stereocenters. The number of rotatable bonds is 5. The van der Waals surface area contributed by atoms with E-state index in [1.165, 1.54) is 24.8 Å². The van der Waals surface area contributed by atoms with E-state index in [0.29, 0.717) is 11.8 Å². The molecule has 0 bridgehead atoms. The minimum Gasteiger partial charge on any atom is -0.392 e. The van der Waals surface area contributed by atoms with Crippen LogP contribution in [0.4, 0.5) is 0 Å². The smallest absolute Gasteiger partial charge is 0.257 e. The molecule has 5 nitrogen and oxygen atoms in total. The lowest BCUT2D eigenvalue weighted by atomic mass is 9.85. The van der Waals surface area contributed by atoms with Crippen LogP contribution >= 0.6 is 0 Å². The minimum atomic E-state index is 0.0833. The van der Waals surface area contributed by atoms with Gasteiger partial charge >= 0.3 is 0 Å². The summed E-state index contributed by atoms with van der Waals surface area (Å²) >= 11 is 0. The Morgan fingerprint density at radius 2 is 1.85 bits per heavy atom. The van der Waals surface area contributed by atoms with Gasteiger partial charge in [-0.1, -0.05) is 43.5 Å². The van der Waals surface area contributed by atoms with E-state index in [1.807, 2.05) is 17.0 Å². The molecule has 2 N–H and O–H groups in total. The lowest BCUT2D eigenvalue weighted by Crippen LogP contribution is -2.29. The highest BCUT2D eigenvalue weighted by atomic mass is 16.3. The van der Waals surface area contributed by atoms with Crippen molar-refractivity contribution in [3.63, 3.8) is 0 Å². The number of hydrogen-bond acceptors (Lipinski definition) is 3. The van der Waals surface area contributed by atoms with Crippen molar-refractivity contribution in [2.75, 3.05) is 13.1 Å². The van der Waals surface area contributed by atoms with Gasteiger partial charge in [0.2, 0.25) is 0 Å². The van der Waals surface area contributed by atoms with E-state index in [2.05, 4.69) is 22.3 Å². The largest absolute Gasteiger partial charge is 0.392 e. The molecule has 144 valence electrons. The lowest BCUT2D eigenvalue weighted by molar-refractivity contribution is 0.0785. The number of amides is 1. The first kappa shape index (κ1) is 18.2. The second-order valence-corrected chi connectivity index (χ2v) is 8.12. The third kappa shape index (κ3) is 4.08. The standard InChI is InChI=1S/C22H29N3O2/c26-15-17-8-6-16(7-9-17)12-18-10-11-25(14-18)22(27)20-13-23-24-21(20)19-4-2-1-3-5-19/h6-9,13,18-19,26H,1-5,10-12,14-15H2,(H,23,24). The van der Waals surface area contributed by atoms with Crippen LogP contribution in [0.2, 0.25) is 0 Å². The van der Waals surface area contributed by atoms with Crippen LogP contribution in [-0.2, 0) is 13.0 Å². The van der Waals surface area contributed by atoms with E-state index in [9.17, 15) is 4.79 Å². The van der Waals surface area contributed by atoms with Crippen molar-refractivity contribution in [1.82, 2.24) is 15.1 Å². The highest BCUT2D eigenvalue weighted by Gasteiger charge is 2.31. The van der Waals surface area contributed by atoms with Crippen molar-refractivity contribution in [2.45, 2.75) is 57.5 Å². The summed E-state index contributed by atoms with van der Waals surface area (Å²) in [5, 5.41) is 16.5. The molecule has 2 fully saturated rings. The van der Waals surface area contributed by atoms with Gasteiger partial charge in [0.15, 0.2) is 0 Å². The fraction of sp³-hybridized carbons (Fsp3) is 0.545. The number of aromatic nitrogens is 2. The zero-order valence-corrected chi connectivity index (χ0v) is 15.9. The number of benzene rings is 1. The molecule has 1 saturated carbocycles. The van der Waals surface area contributed by atoms with Crippen molar-refractivity contribution in [3.05, 3.63) is 52.8 Å². The van der Waals surface area contributed by atoms with Gasteiger partial charge < -0.3 is 10.0 Å². The molecule has 1 saturated heterocycles. The van der Waals surface area contributed by atoms with E-state index in [0.717, 1.165) is 55.6 Å². The Hall–Kier alpha value is -2.14. The highest BCUT2D eigenvalue weighted by Crippen LogP contribution is 2.34. The zero-order valence-electron chi connectivity index (χ0n) is 15.9. The number of aliphatic hydroxyl groups is 1. The normalized spacial score (nSPS) is 20.9. The van der Waals surface area contributed by atoms with Crippen LogP contribution in [0.3, 0.4) is 0 Å². The molecule has 1 aromatic carbocycles. The van der Waals surface area contributed by atoms with Crippen LogP contribution in [0.1, 0.15) is 71.6 Å². The van der Waals surface area contributed by atoms with Crippen LogP contribution in [-0.4, -0.2) is 39.2 Å². The van der Waals surface area contributed by atoms with Crippen LogP contribution in [0.15, 0.2) is 30.5 Å². The number of aliphatic hydroxyl groups excluding tert-OH is 1. The maximum absolute atomic E-state index is 13.1. The Labute approximate surface area is 160 Å².